The van der Waals surface area contributed by atoms with Gasteiger partial charge in [0.15, 0.2) is 0 Å². The van der Waals surface area contributed by atoms with Crippen LogP contribution in [0.2, 0.25) is 0 Å². The first kappa shape index (κ1) is 33.9. The van der Waals surface area contributed by atoms with Gasteiger partial charge in [0.1, 0.15) is 13.2 Å². The maximum Gasteiger partial charge on any atom is 0.108 e. The van der Waals surface area contributed by atoms with Gasteiger partial charge in [-0.2, -0.15) is 0 Å². The molecule has 2 nitrogen and oxygen atoms in total. The van der Waals surface area contributed by atoms with Gasteiger partial charge in [0.25, 0.3) is 0 Å². The lowest BCUT2D eigenvalue weighted by molar-refractivity contribution is 0.153. The molecule has 0 aromatic heterocycles. The van der Waals surface area contributed by atoms with Crippen molar-refractivity contribution in [3.05, 3.63) is 71.8 Å². The third-order valence-corrected chi connectivity index (χ3v) is 5.73. The Hall–Kier alpha value is -4.28. The molecule has 0 radical (unpaired) electrons. The summed E-state index contributed by atoms with van der Waals surface area (Å²) in [6.45, 7) is 2.18. The minimum Gasteiger partial charge on any atom is -0.364 e. The zero-order chi connectivity index (χ0) is 29.4. The highest BCUT2D eigenvalue weighted by Gasteiger charge is 1.90. The van der Waals surface area contributed by atoms with Gasteiger partial charge in [0.05, 0.1) is 13.2 Å². The standard InChI is InChI=1S/C40H42O2/c1(3-5-7-9-11-13-15-17-19-21-29-35-41-37-39-31-25-23-26-32-39)2-4-6-8-10-12-14-16-18-20-22-30-36-42-38-40-33-27-24-28-34-40/h23-28,31-34H,5-10,15-20,35-38H2. The molecule has 214 valence electrons. The smallest absolute Gasteiger partial charge is 0.108 e. The Balaban J connectivity index is 1.33. The first-order valence-electron chi connectivity index (χ1n) is 15.0. The fourth-order valence-electron chi connectivity index (χ4n) is 3.49. The molecule has 0 saturated heterocycles. The van der Waals surface area contributed by atoms with Crippen molar-refractivity contribution >= 4 is 0 Å². The van der Waals surface area contributed by atoms with Crippen molar-refractivity contribution in [2.75, 3.05) is 13.2 Å². The first-order chi connectivity index (χ1) is 20.9. The second-order valence-electron chi connectivity index (χ2n) is 9.39. The van der Waals surface area contributed by atoms with Crippen molar-refractivity contribution in [3.8, 4) is 71.0 Å². The van der Waals surface area contributed by atoms with Gasteiger partial charge < -0.3 is 9.47 Å². The van der Waals surface area contributed by atoms with E-state index in [1.165, 1.54) is 11.1 Å². The average Bonchev–Trinajstić information content (AvgIpc) is 3.03. The Morgan fingerprint density at radius 2 is 0.667 bits per heavy atom. The molecule has 2 aromatic rings. The van der Waals surface area contributed by atoms with Crippen LogP contribution in [0.25, 0.3) is 0 Å². The van der Waals surface area contributed by atoms with Crippen LogP contribution >= 0.6 is 0 Å². The molecule has 0 saturated carbocycles. The van der Waals surface area contributed by atoms with Gasteiger partial charge in [-0.05, 0) is 48.7 Å². The van der Waals surface area contributed by atoms with Crippen LogP contribution < -0.4 is 0 Å². The molecule has 2 aromatic carbocycles. The summed E-state index contributed by atoms with van der Waals surface area (Å²) >= 11 is 0. The summed E-state index contributed by atoms with van der Waals surface area (Å²) in [7, 11) is 0. The van der Waals surface area contributed by atoms with Gasteiger partial charge in [0.2, 0.25) is 0 Å². The topological polar surface area (TPSA) is 18.5 Å². The number of benzene rings is 2. The van der Waals surface area contributed by atoms with Gasteiger partial charge in [-0.3, -0.25) is 0 Å². The summed E-state index contributed by atoms with van der Waals surface area (Å²) in [5, 5.41) is 0. The van der Waals surface area contributed by atoms with Crippen LogP contribution in [0.5, 0.6) is 0 Å². The molecule has 0 unspecified atom stereocenters. The van der Waals surface area contributed by atoms with Gasteiger partial charge in [0, 0.05) is 51.4 Å². The second-order valence-corrected chi connectivity index (χ2v) is 9.39. The summed E-state index contributed by atoms with van der Waals surface area (Å²) in [6, 6.07) is 20.3. The van der Waals surface area contributed by atoms with Crippen molar-refractivity contribution in [1.29, 1.82) is 0 Å². The molecule has 0 fully saturated rings. The number of hydrogen-bond donors (Lipinski definition) is 0. The third-order valence-electron chi connectivity index (χ3n) is 5.73. The number of unbranched alkanes of at least 4 members (excludes halogenated alkanes) is 8. The quantitative estimate of drug-likeness (QED) is 0.173. The molecular formula is C40H42O2. The Kier molecular flexibility index (Phi) is 21.7. The lowest BCUT2D eigenvalue weighted by Crippen LogP contribution is -1.92. The van der Waals surface area contributed by atoms with E-state index in [0.29, 0.717) is 26.4 Å². The van der Waals surface area contributed by atoms with E-state index in [9.17, 15) is 0 Å². The van der Waals surface area contributed by atoms with E-state index in [1.807, 2.05) is 36.4 Å². The molecule has 0 atom stereocenters. The molecule has 0 spiro atoms. The van der Waals surface area contributed by atoms with Crippen LogP contribution in [0, 0.1) is 71.0 Å². The van der Waals surface area contributed by atoms with E-state index in [4.69, 9.17) is 9.47 Å². The molecular weight excluding hydrogens is 512 g/mol. The van der Waals surface area contributed by atoms with E-state index in [1.54, 1.807) is 0 Å². The van der Waals surface area contributed by atoms with Crippen molar-refractivity contribution in [1.82, 2.24) is 0 Å². The molecule has 2 rings (SSSR count). The van der Waals surface area contributed by atoms with Crippen LogP contribution in [0.4, 0.5) is 0 Å². The summed E-state index contributed by atoms with van der Waals surface area (Å²) in [5.41, 5.74) is 2.35. The van der Waals surface area contributed by atoms with Crippen LogP contribution in [-0.2, 0) is 22.7 Å². The Bertz CT molecular complexity index is 1240. The number of rotatable bonds is 14. The molecule has 0 bridgehead atoms. The Labute approximate surface area is 255 Å². The van der Waals surface area contributed by atoms with Crippen molar-refractivity contribution in [2.45, 2.75) is 90.3 Å². The highest BCUT2D eigenvalue weighted by atomic mass is 16.5. The van der Waals surface area contributed by atoms with Crippen molar-refractivity contribution in [3.63, 3.8) is 0 Å². The molecule has 0 heterocycles. The fraction of sp³-hybridized carbons (Fsp3) is 0.400. The highest BCUT2D eigenvalue weighted by Crippen LogP contribution is 2.01. The maximum absolute atomic E-state index is 5.55. The lowest BCUT2D eigenvalue weighted by Gasteiger charge is -1.99. The predicted octanol–water partition coefficient (Wildman–Crippen LogP) is 8.12. The van der Waals surface area contributed by atoms with Gasteiger partial charge in [-0.25, -0.2) is 0 Å². The second kappa shape index (κ2) is 26.9. The normalized spacial score (nSPS) is 9.05. The molecule has 0 N–H and O–H groups in total. The summed E-state index contributed by atoms with van der Waals surface area (Å²) in [4.78, 5) is 0. The van der Waals surface area contributed by atoms with Crippen molar-refractivity contribution in [2.24, 2.45) is 0 Å². The van der Waals surface area contributed by atoms with Crippen LogP contribution in [0.3, 0.4) is 0 Å². The SMILES string of the molecule is C(C#CCCCC#CCCCC#CCOCc1ccccc1)#CCCCC#CCCCC#CCOCc1ccccc1. The predicted molar refractivity (Wildman–Crippen MR) is 174 cm³/mol. The molecule has 0 aliphatic heterocycles. The Morgan fingerprint density at radius 3 is 1.02 bits per heavy atom. The van der Waals surface area contributed by atoms with E-state index in [2.05, 4.69) is 95.3 Å². The first-order valence-corrected chi connectivity index (χ1v) is 15.0. The van der Waals surface area contributed by atoms with E-state index < -0.39 is 0 Å². The van der Waals surface area contributed by atoms with Crippen molar-refractivity contribution < 1.29 is 9.47 Å². The zero-order valence-corrected chi connectivity index (χ0v) is 24.9. The van der Waals surface area contributed by atoms with Crippen LogP contribution in [0.1, 0.15) is 88.2 Å². The van der Waals surface area contributed by atoms with E-state index in [-0.39, 0.29) is 0 Å². The molecule has 2 heteroatoms. The number of ether oxygens (including phenoxy) is 2. The Morgan fingerprint density at radius 1 is 0.357 bits per heavy atom. The minimum atomic E-state index is 0.478. The summed E-state index contributed by atoms with van der Waals surface area (Å²) in [5.74, 6) is 37.5. The zero-order valence-electron chi connectivity index (χ0n) is 24.9. The monoisotopic (exact) mass is 554 g/mol. The van der Waals surface area contributed by atoms with Gasteiger partial charge in [-0.15, -0.1) is 35.5 Å². The molecule has 0 amide bonds. The van der Waals surface area contributed by atoms with Gasteiger partial charge >= 0.3 is 0 Å². The van der Waals surface area contributed by atoms with Crippen LogP contribution in [-0.4, -0.2) is 13.2 Å². The molecule has 0 aliphatic carbocycles. The number of hydrogen-bond acceptors (Lipinski definition) is 2. The molecule has 0 aliphatic rings. The average molecular weight is 555 g/mol. The summed E-state index contributed by atoms with van der Waals surface area (Å²) < 4.78 is 11.1. The maximum atomic E-state index is 5.55. The largest absolute Gasteiger partial charge is 0.364 e. The third kappa shape index (κ3) is 21.5. The van der Waals surface area contributed by atoms with Gasteiger partial charge in [-0.1, -0.05) is 84.3 Å². The lowest BCUT2D eigenvalue weighted by atomic mass is 10.2. The minimum absolute atomic E-state index is 0.478. The van der Waals surface area contributed by atoms with Crippen LogP contribution in [0.15, 0.2) is 60.7 Å². The van der Waals surface area contributed by atoms with E-state index >= 15 is 0 Å². The molecule has 42 heavy (non-hydrogen) atoms. The fourth-order valence-corrected chi connectivity index (χ4v) is 3.49. The van der Waals surface area contributed by atoms with E-state index in [0.717, 1.165) is 77.0 Å². The summed E-state index contributed by atoms with van der Waals surface area (Å²) in [6.07, 6.45) is 10.9. The highest BCUT2D eigenvalue weighted by molar-refractivity contribution is 5.25.